The van der Waals surface area contributed by atoms with Gasteiger partial charge in [-0.25, -0.2) is 4.79 Å². The maximum absolute atomic E-state index is 12.3. The Balaban J connectivity index is 2.23. The van der Waals surface area contributed by atoms with Gasteiger partial charge in [0.05, 0.1) is 30.0 Å². The quantitative estimate of drug-likeness (QED) is 0.547. The van der Waals surface area contributed by atoms with Crippen molar-refractivity contribution in [3.63, 3.8) is 0 Å². The number of hydrogen-bond donors (Lipinski definition) is 0. The van der Waals surface area contributed by atoms with Gasteiger partial charge in [0.2, 0.25) is 0 Å². The van der Waals surface area contributed by atoms with E-state index in [0.717, 1.165) is 11.8 Å². The minimum absolute atomic E-state index is 0.0513. The lowest BCUT2D eigenvalue weighted by atomic mass is 9.80. The fraction of sp³-hybridized carbons (Fsp3) is 0.650. The molecule has 1 aromatic carbocycles. The van der Waals surface area contributed by atoms with Crippen molar-refractivity contribution in [2.24, 2.45) is 5.92 Å². The average molecular weight is 482 g/mol. The Morgan fingerprint density at radius 1 is 1.20 bits per heavy atom. The first-order valence-corrected chi connectivity index (χ1v) is 12.2. The van der Waals surface area contributed by atoms with Gasteiger partial charge in [-0.3, -0.25) is 4.18 Å². The van der Waals surface area contributed by atoms with Gasteiger partial charge in [-0.2, -0.15) is 8.42 Å². The third-order valence-corrected chi connectivity index (χ3v) is 6.18. The number of hydrogen-bond acceptors (Lipinski definition) is 6. The topological polar surface area (TPSA) is 82.1 Å². The number of carbonyl (C=O) groups is 1. The van der Waals surface area contributed by atoms with E-state index in [4.69, 9.17) is 36.9 Å². The normalized spacial score (nSPS) is 17.0. The van der Waals surface area contributed by atoms with Crippen molar-refractivity contribution in [1.29, 1.82) is 0 Å². The third kappa shape index (κ3) is 7.18. The van der Waals surface area contributed by atoms with Gasteiger partial charge in [0.15, 0.2) is 0 Å². The van der Waals surface area contributed by atoms with Crippen molar-refractivity contribution in [1.82, 2.24) is 4.90 Å². The van der Waals surface area contributed by atoms with Crippen LogP contribution >= 0.6 is 23.2 Å². The predicted octanol–water partition coefficient (Wildman–Crippen LogP) is 4.71. The van der Waals surface area contributed by atoms with Gasteiger partial charge in [-0.05, 0) is 45.6 Å². The fourth-order valence-electron chi connectivity index (χ4n) is 3.50. The molecule has 1 amide bonds. The van der Waals surface area contributed by atoms with Crippen molar-refractivity contribution in [2.75, 3.05) is 33.1 Å². The van der Waals surface area contributed by atoms with Crippen LogP contribution in [0.15, 0.2) is 12.1 Å². The number of nitrogens with zero attached hydrogens (tertiary/aromatic N) is 1. The Labute approximate surface area is 188 Å². The first kappa shape index (κ1) is 25.0. The maximum Gasteiger partial charge on any atom is 0.410 e. The molecular weight excluding hydrogens is 453 g/mol. The highest BCUT2D eigenvalue weighted by molar-refractivity contribution is 7.85. The van der Waals surface area contributed by atoms with Crippen LogP contribution in [0.25, 0.3) is 0 Å². The lowest BCUT2D eigenvalue weighted by Gasteiger charge is -2.37. The number of halogens is 2. The number of piperidine rings is 1. The maximum atomic E-state index is 12.3. The molecule has 1 heterocycles. The number of benzene rings is 1. The van der Waals surface area contributed by atoms with Gasteiger partial charge in [-0.1, -0.05) is 23.2 Å². The van der Waals surface area contributed by atoms with Gasteiger partial charge in [0.1, 0.15) is 11.4 Å². The number of rotatable bonds is 6. The van der Waals surface area contributed by atoms with Gasteiger partial charge in [0, 0.05) is 30.6 Å². The van der Waals surface area contributed by atoms with E-state index in [1.807, 2.05) is 20.8 Å². The van der Waals surface area contributed by atoms with Crippen molar-refractivity contribution < 1.29 is 26.9 Å². The lowest BCUT2D eigenvalue weighted by Crippen LogP contribution is -2.43. The van der Waals surface area contributed by atoms with Crippen molar-refractivity contribution in [3.8, 4) is 5.75 Å². The molecule has 0 N–H and O–H groups in total. The SMILES string of the molecule is COc1cc(Cl)c(Cl)cc1C(COS(C)(=O)=O)C1CCN(C(=O)OC(C)(C)C)CC1. The number of ether oxygens (including phenoxy) is 2. The number of likely N-dealkylation sites (tertiary alicyclic amines) is 1. The van der Waals surface area contributed by atoms with Crippen LogP contribution in [-0.4, -0.2) is 58.1 Å². The van der Waals surface area contributed by atoms with E-state index in [2.05, 4.69) is 0 Å². The highest BCUT2D eigenvalue weighted by atomic mass is 35.5. The van der Waals surface area contributed by atoms with E-state index >= 15 is 0 Å². The number of methoxy groups -OCH3 is 1. The summed E-state index contributed by atoms with van der Waals surface area (Å²) in [6.07, 6.45) is 1.97. The molecule has 0 aliphatic carbocycles. The van der Waals surface area contributed by atoms with Crippen LogP contribution in [-0.2, 0) is 19.0 Å². The van der Waals surface area contributed by atoms with Crippen LogP contribution < -0.4 is 4.74 Å². The molecule has 10 heteroatoms. The summed E-state index contributed by atoms with van der Waals surface area (Å²) in [7, 11) is -2.12. The highest BCUT2D eigenvalue weighted by Gasteiger charge is 2.33. The van der Waals surface area contributed by atoms with E-state index in [0.29, 0.717) is 41.7 Å². The lowest BCUT2D eigenvalue weighted by molar-refractivity contribution is 0.0167. The Bertz CT molecular complexity index is 861. The number of carbonyl (C=O) groups excluding carboxylic acids is 1. The minimum atomic E-state index is -3.63. The molecule has 0 bridgehead atoms. The zero-order valence-corrected chi connectivity index (χ0v) is 20.2. The van der Waals surface area contributed by atoms with Crippen LogP contribution in [0.4, 0.5) is 4.79 Å². The van der Waals surface area contributed by atoms with Crippen molar-refractivity contribution in [2.45, 2.75) is 45.1 Å². The molecule has 2 rings (SSSR count). The second-order valence-electron chi connectivity index (χ2n) is 8.41. The Morgan fingerprint density at radius 2 is 1.77 bits per heavy atom. The van der Waals surface area contributed by atoms with Gasteiger partial charge >= 0.3 is 6.09 Å². The van der Waals surface area contributed by atoms with E-state index in [1.54, 1.807) is 17.0 Å². The summed E-state index contributed by atoms with van der Waals surface area (Å²) in [5, 5.41) is 0.697. The molecule has 1 atom stereocenters. The molecule has 30 heavy (non-hydrogen) atoms. The Hall–Kier alpha value is -1.22. The third-order valence-electron chi connectivity index (χ3n) is 4.89. The molecule has 0 saturated carbocycles. The summed E-state index contributed by atoms with van der Waals surface area (Å²) in [5.41, 5.74) is 0.166. The van der Waals surface area contributed by atoms with Crippen LogP contribution in [0.1, 0.15) is 45.1 Å². The van der Waals surface area contributed by atoms with E-state index in [9.17, 15) is 13.2 Å². The largest absolute Gasteiger partial charge is 0.496 e. The van der Waals surface area contributed by atoms with Crippen molar-refractivity contribution in [3.05, 3.63) is 27.7 Å². The predicted molar refractivity (Wildman–Crippen MR) is 117 cm³/mol. The smallest absolute Gasteiger partial charge is 0.410 e. The number of amides is 1. The molecule has 1 saturated heterocycles. The molecule has 0 spiro atoms. The molecule has 0 radical (unpaired) electrons. The van der Waals surface area contributed by atoms with Gasteiger partial charge in [-0.15, -0.1) is 0 Å². The summed E-state index contributed by atoms with van der Waals surface area (Å²) in [6, 6.07) is 3.31. The Kier molecular flexibility index (Phi) is 8.29. The zero-order chi connectivity index (χ0) is 22.7. The Morgan fingerprint density at radius 3 is 2.27 bits per heavy atom. The van der Waals surface area contributed by atoms with E-state index in [-0.39, 0.29) is 24.5 Å². The fourth-order valence-corrected chi connectivity index (χ4v) is 4.22. The molecule has 1 unspecified atom stereocenters. The van der Waals surface area contributed by atoms with Crippen LogP contribution in [0.2, 0.25) is 10.0 Å². The van der Waals surface area contributed by atoms with Crippen LogP contribution in [0.3, 0.4) is 0 Å². The molecule has 7 nitrogen and oxygen atoms in total. The van der Waals surface area contributed by atoms with Crippen LogP contribution in [0, 0.1) is 5.92 Å². The molecule has 170 valence electrons. The van der Waals surface area contributed by atoms with Gasteiger partial charge < -0.3 is 14.4 Å². The molecule has 1 aliphatic rings. The summed E-state index contributed by atoms with van der Waals surface area (Å²) < 4.78 is 39.3. The molecular formula is C20H29Cl2NO6S. The minimum Gasteiger partial charge on any atom is -0.496 e. The summed E-state index contributed by atoms with van der Waals surface area (Å²) in [6.45, 7) is 6.42. The summed E-state index contributed by atoms with van der Waals surface area (Å²) in [5.74, 6) is 0.267. The van der Waals surface area contributed by atoms with Gasteiger partial charge in [0.25, 0.3) is 10.1 Å². The molecule has 1 aromatic rings. The molecule has 1 fully saturated rings. The molecule has 1 aliphatic heterocycles. The first-order chi connectivity index (χ1) is 13.8. The zero-order valence-electron chi connectivity index (χ0n) is 17.9. The van der Waals surface area contributed by atoms with Crippen molar-refractivity contribution >= 4 is 39.4 Å². The second-order valence-corrected chi connectivity index (χ2v) is 10.9. The van der Waals surface area contributed by atoms with E-state index < -0.39 is 15.7 Å². The standard InChI is InChI=1S/C20H29Cl2NO6S/c1-20(2,3)29-19(24)23-8-6-13(7-9-23)15(12-28-30(5,25)26)14-10-16(21)17(22)11-18(14)27-4/h10-11,13,15H,6-9,12H2,1-5H3. The average Bonchev–Trinajstić information content (AvgIpc) is 2.62. The highest BCUT2D eigenvalue weighted by Crippen LogP contribution is 2.41. The summed E-state index contributed by atoms with van der Waals surface area (Å²) in [4.78, 5) is 14.0. The summed E-state index contributed by atoms with van der Waals surface area (Å²) >= 11 is 12.3. The van der Waals surface area contributed by atoms with E-state index in [1.165, 1.54) is 7.11 Å². The molecule has 0 aromatic heterocycles. The second kappa shape index (κ2) is 9.94. The monoisotopic (exact) mass is 481 g/mol. The van der Waals surface area contributed by atoms with Crippen LogP contribution in [0.5, 0.6) is 5.75 Å². The first-order valence-electron chi connectivity index (χ1n) is 9.66.